The maximum atomic E-state index is 13.1. The predicted molar refractivity (Wildman–Crippen MR) is 52.3 cm³/mol. The Morgan fingerprint density at radius 3 is 2.69 bits per heavy atom. The van der Waals surface area contributed by atoms with E-state index in [1.807, 2.05) is 0 Å². The zero-order valence-corrected chi connectivity index (χ0v) is 8.39. The van der Waals surface area contributed by atoms with Gasteiger partial charge in [-0.25, -0.2) is 0 Å². The summed E-state index contributed by atoms with van der Waals surface area (Å²) >= 11 is 0. The van der Waals surface area contributed by atoms with E-state index in [-0.39, 0.29) is 0 Å². The zero-order valence-electron chi connectivity index (χ0n) is 8.39. The van der Waals surface area contributed by atoms with E-state index < -0.39 is 22.7 Å². The quantitative estimate of drug-likeness (QED) is 0.573. The van der Waals surface area contributed by atoms with Crippen molar-refractivity contribution in [3.05, 3.63) is 39.7 Å². The number of ether oxygens (including phenoxy) is 2. The van der Waals surface area contributed by atoms with Crippen LogP contribution in [0.4, 0.5) is 10.1 Å². The molecule has 0 bridgehead atoms. The van der Waals surface area contributed by atoms with Crippen molar-refractivity contribution in [2.75, 3.05) is 13.2 Å². The van der Waals surface area contributed by atoms with Crippen LogP contribution >= 0.6 is 0 Å². The van der Waals surface area contributed by atoms with Gasteiger partial charge in [-0.05, 0) is 12.5 Å². The average Bonchev–Trinajstić information content (AvgIpc) is 2.30. The number of rotatable bonds is 2. The van der Waals surface area contributed by atoms with Crippen LogP contribution < -0.4 is 0 Å². The Labute approximate surface area is 90.9 Å². The SMILES string of the molecule is O=[N+]([O-])c1cc(C2OCCCO2)ccc1F. The van der Waals surface area contributed by atoms with Crippen LogP contribution in [-0.4, -0.2) is 18.1 Å². The molecule has 1 heterocycles. The first-order chi connectivity index (χ1) is 7.68. The molecular weight excluding hydrogens is 217 g/mol. The first kappa shape index (κ1) is 11.0. The van der Waals surface area contributed by atoms with Gasteiger partial charge < -0.3 is 9.47 Å². The smallest absolute Gasteiger partial charge is 0.305 e. The Hall–Kier alpha value is -1.53. The fourth-order valence-corrected chi connectivity index (χ4v) is 1.50. The van der Waals surface area contributed by atoms with Gasteiger partial charge in [-0.1, -0.05) is 6.07 Å². The average molecular weight is 227 g/mol. The summed E-state index contributed by atoms with van der Waals surface area (Å²) in [5, 5.41) is 10.5. The second-order valence-corrected chi connectivity index (χ2v) is 3.40. The van der Waals surface area contributed by atoms with Crippen molar-refractivity contribution >= 4 is 5.69 Å². The molecule has 86 valence electrons. The second kappa shape index (κ2) is 4.54. The zero-order chi connectivity index (χ0) is 11.5. The molecule has 0 spiro atoms. The number of nitro benzene ring substituents is 1. The molecule has 16 heavy (non-hydrogen) atoms. The van der Waals surface area contributed by atoms with Gasteiger partial charge >= 0.3 is 5.69 Å². The van der Waals surface area contributed by atoms with Crippen molar-refractivity contribution in [3.8, 4) is 0 Å². The summed E-state index contributed by atoms with van der Waals surface area (Å²) in [6, 6.07) is 3.62. The Morgan fingerprint density at radius 2 is 2.06 bits per heavy atom. The van der Waals surface area contributed by atoms with Crippen molar-refractivity contribution in [1.82, 2.24) is 0 Å². The van der Waals surface area contributed by atoms with Crippen LogP contribution in [0, 0.1) is 15.9 Å². The highest BCUT2D eigenvalue weighted by Crippen LogP contribution is 2.27. The standard InChI is InChI=1S/C10H10FNO4/c11-8-3-2-7(6-9(8)12(13)14)10-15-4-1-5-16-10/h2-3,6,10H,1,4-5H2. The summed E-state index contributed by atoms with van der Waals surface area (Å²) in [6.45, 7) is 1.08. The van der Waals surface area contributed by atoms with Gasteiger partial charge in [0.05, 0.1) is 18.1 Å². The number of nitrogens with zero attached hydrogens (tertiary/aromatic N) is 1. The van der Waals surface area contributed by atoms with Gasteiger partial charge in [0.25, 0.3) is 0 Å². The molecule has 6 heteroatoms. The van der Waals surface area contributed by atoms with Crippen molar-refractivity contribution in [2.45, 2.75) is 12.7 Å². The van der Waals surface area contributed by atoms with Gasteiger partial charge in [0.2, 0.25) is 5.82 Å². The molecule has 1 saturated heterocycles. The molecule has 0 saturated carbocycles. The lowest BCUT2D eigenvalue weighted by molar-refractivity contribution is -0.387. The first-order valence-electron chi connectivity index (χ1n) is 4.85. The van der Waals surface area contributed by atoms with Gasteiger partial charge in [0, 0.05) is 11.6 Å². The predicted octanol–water partition coefficient (Wildman–Crippen LogP) is 2.17. The highest BCUT2D eigenvalue weighted by molar-refractivity contribution is 5.36. The van der Waals surface area contributed by atoms with E-state index in [0.717, 1.165) is 18.6 Å². The topological polar surface area (TPSA) is 61.6 Å². The molecule has 5 nitrogen and oxygen atoms in total. The lowest BCUT2D eigenvalue weighted by Gasteiger charge is -2.23. The van der Waals surface area contributed by atoms with E-state index in [1.165, 1.54) is 6.07 Å². The lowest BCUT2D eigenvalue weighted by atomic mass is 10.2. The van der Waals surface area contributed by atoms with E-state index in [0.29, 0.717) is 18.8 Å². The van der Waals surface area contributed by atoms with E-state index in [4.69, 9.17) is 9.47 Å². The fraction of sp³-hybridized carbons (Fsp3) is 0.400. The molecular formula is C10H10FNO4. The third-order valence-corrected chi connectivity index (χ3v) is 2.27. The normalized spacial score (nSPS) is 17.3. The maximum absolute atomic E-state index is 13.1. The summed E-state index contributed by atoms with van der Waals surface area (Å²) < 4.78 is 23.6. The molecule has 0 unspecified atom stereocenters. The van der Waals surface area contributed by atoms with Crippen molar-refractivity contribution < 1.29 is 18.8 Å². The minimum absolute atomic E-state index is 0.466. The van der Waals surface area contributed by atoms with Crippen LogP contribution in [-0.2, 0) is 9.47 Å². The summed E-state index contributed by atoms with van der Waals surface area (Å²) in [5.74, 6) is -0.857. The summed E-state index contributed by atoms with van der Waals surface area (Å²) in [5.41, 5.74) is -0.0944. The molecule has 0 N–H and O–H groups in total. The van der Waals surface area contributed by atoms with E-state index in [1.54, 1.807) is 0 Å². The largest absolute Gasteiger partial charge is 0.348 e. The van der Waals surface area contributed by atoms with Gasteiger partial charge in [0.15, 0.2) is 6.29 Å². The van der Waals surface area contributed by atoms with Crippen LogP contribution in [0.25, 0.3) is 0 Å². The van der Waals surface area contributed by atoms with Crippen LogP contribution in [0.15, 0.2) is 18.2 Å². The number of nitro groups is 1. The summed E-state index contributed by atoms with van der Waals surface area (Å²) in [4.78, 5) is 9.78. The van der Waals surface area contributed by atoms with Gasteiger partial charge in [-0.3, -0.25) is 10.1 Å². The second-order valence-electron chi connectivity index (χ2n) is 3.40. The molecule has 1 aliphatic rings. The van der Waals surface area contributed by atoms with Gasteiger partial charge in [-0.2, -0.15) is 4.39 Å². The number of hydrogen-bond acceptors (Lipinski definition) is 4. The molecule has 0 amide bonds. The molecule has 0 atom stereocenters. The Morgan fingerprint density at radius 1 is 1.38 bits per heavy atom. The van der Waals surface area contributed by atoms with Crippen molar-refractivity contribution in [3.63, 3.8) is 0 Å². The number of benzene rings is 1. The van der Waals surface area contributed by atoms with Crippen molar-refractivity contribution in [1.29, 1.82) is 0 Å². The molecule has 1 aromatic carbocycles. The van der Waals surface area contributed by atoms with Crippen molar-refractivity contribution in [2.24, 2.45) is 0 Å². The fourth-order valence-electron chi connectivity index (χ4n) is 1.50. The van der Waals surface area contributed by atoms with Gasteiger partial charge in [-0.15, -0.1) is 0 Å². The number of halogens is 1. The minimum atomic E-state index is -0.857. The lowest BCUT2D eigenvalue weighted by Crippen LogP contribution is -2.17. The van der Waals surface area contributed by atoms with E-state index in [2.05, 4.69) is 0 Å². The van der Waals surface area contributed by atoms with Crippen LogP contribution in [0.5, 0.6) is 0 Å². The molecule has 0 aliphatic carbocycles. The Bertz CT molecular complexity index is 404. The molecule has 0 radical (unpaired) electrons. The summed E-state index contributed by atoms with van der Waals surface area (Å²) in [7, 11) is 0. The molecule has 2 rings (SSSR count). The third kappa shape index (κ3) is 2.17. The van der Waals surface area contributed by atoms with E-state index in [9.17, 15) is 14.5 Å². The minimum Gasteiger partial charge on any atom is -0.348 e. The maximum Gasteiger partial charge on any atom is 0.305 e. The first-order valence-corrected chi connectivity index (χ1v) is 4.85. The summed E-state index contributed by atoms with van der Waals surface area (Å²) in [6.07, 6.45) is 0.160. The Kier molecular flexibility index (Phi) is 3.12. The van der Waals surface area contributed by atoms with Crippen LogP contribution in [0.3, 0.4) is 0 Å². The van der Waals surface area contributed by atoms with Gasteiger partial charge in [0.1, 0.15) is 0 Å². The molecule has 1 fully saturated rings. The van der Waals surface area contributed by atoms with E-state index >= 15 is 0 Å². The van der Waals surface area contributed by atoms with Crippen LogP contribution in [0.1, 0.15) is 18.3 Å². The van der Waals surface area contributed by atoms with Crippen LogP contribution in [0.2, 0.25) is 0 Å². The molecule has 0 aromatic heterocycles. The third-order valence-electron chi connectivity index (χ3n) is 2.27. The molecule has 1 aliphatic heterocycles. The number of hydrogen-bond donors (Lipinski definition) is 0. The molecule has 1 aromatic rings. The Balaban J connectivity index is 2.27. The monoisotopic (exact) mass is 227 g/mol. The highest BCUT2D eigenvalue weighted by Gasteiger charge is 2.21. The highest BCUT2D eigenvalue weighted by atomic mass is 19.1.